The smallest absolute Gasteiger partial charge is 0.195 e. The Balaban J connectivity index is 2.77. The van der Waals surface area contributed by atoms with Crippen LogP contribution in [-0.4, -0.2) is 26.3 Å². The third-order valence-electron chi connectivity index (χ3n) is 2.57. The summed E-state index contributed by atoms with van der Waals surface area (Å²) in [5.41, 5.74) is 0. The van der Waals surface area contributed by atoms with Gasteiger partial charge in [0.1, 0.15) is 5.82 Å². The van der Waals surface area contributed by atoms with Gasteiger partial charge in [-0.25, -0.2) is 0 Å². The molecule has 0 bridgehead atoms. The number of thioether (sulfide) groups is 1. The van der Waals surface area contributed by atoms with Crippen molar-refractivity contribution in [3.63, 3.8) is 0 Å². The molecule has 0 aliphatic rings. The van der Waals surface area contributed by atoms with E-state index in [2.05, 4.69) is 42.5 Å². The molecule has 0 saturated heterocycles. The van der Waals surface area contributed by atoms with Gasteiger partial charge in [0.25, 0.3) is 0 Å². The summed E-state index contributed by atoms with van der Waals surface area (Å²) >= 11 is 7.26. The van der Waals surface area contributed by atoms with Crippen molar-refractivity contribution in [2.24, 2.45) is 0 Å². The highest BCUT2D eigenvalue weighted by Gasteiger charge is 2.14. The molecule has 1 aromatic heterocycles. The molecule has 1 atom stereocenters. The summed E-state index contributed by atoms with van der Waals surface area (Å²) in [6, 6.07) is 0.433. The molecule has 0 aliphatic heterocycles. The number of hydrogen-bond acceptors (Lipinski definition) is 3. The van der Waals surface area contributed by atoms with E-state index in [4.69, 9.17) is 12.2 Å². The number of nitrogens with one attached hydrogen (secondary N) is 1. The van der Waals surface area contributed by atoms with Crippen molar-refractivity contribution >= 4 is 24.0 Å². The molecule has 0 amide bonds. The SMILES string of the molecule is CCSCCC(C)n1c(C(C)C)n[nH]c1=S. The number of hydrogen-bond donors (Lipinski definition) is 1. The monoisotopic (exact) mass is 259 g/mol. The Bertz CT molecular complexity index is 368. The van der Waals surface area contributed by atoms with Gasteiger partial charge in [-0.3, -0.25) is 5.10 Å². The Hall–Kier alpha value is -0.290. The highest BCUT2D eigenvalue weighted by molar-refractivity contribution is 7.99. The van der Waals surface area contributed by atoms with Gasteiger partial charge in [-0.15, -0.1) is 0 Å². The predicted octanol–water partition coefficient (Wildman–Crippen LogP) is 3.77. The van der Waals surface area contributed by atoms with E-state index in [0.29, 0.717) is 12.0 Å². The first kappa shape index (κ1) is 13.8. The zero-order valence-corrected chi connectivity index (χ0v) is 12.1. The van der Waals surface area contributed by atoms with Crippen LogP contribution in [0.25, 0.3) is 0 Å². The first-order valence-electron chi connectivity index (χ1n) is 5.82. The molecule has 5 heteroatoms. The van der Waals surface area contributed by atoms with Gasteiger partial charge < -0.3 is 4.57 Å². The normalized spacial score (nSPS) is 13.3. The summed E-state index contributed by atoms with van der Waals surface area (Å²) in [6.45, 7) is 8.70. The molecule has 0 spiro atoms. The van der Waals surface area contributed by atoms with E-state index in [1.165, 1.54) is 11.5 Å². The fraction of sp³-hybridized carbons (Fsp3) is 0.818. The first-order valence-corrected chi connectivity index (χ1v) is 7.38. The molecule has 1 N–H and O–H groups in total. The van der Waals surface area contributed by atoms with Gasteiger partial charge in [0.2, 0.25) is 0 Å². The molecule has 16 heavy (non-hydrogen) atoms. The molecule has 3 nitrogen and oxygen atoms in total. The van der Waals surface area contributed by atoms with E-state index in [0.717, 1.165) is 17.0 Å². The first-order chi connectivity index (χ1) is 7.57. The lowest BCUT2D eigenvalue weighted by molar-refractivity contribution is 0.495. The van der Waals surface area contributed by atoms with Gasteiger partial charge in [-0.2, -0.15) is 16.9 Å². The van der Waals surface area contributed by atoms with Crippen molar-refractivity contribution in [3.8, 4) is 0 Å². The second-order valence-electron chi connectivity index (χ2n) is 4.25. The topological polar surface area (TPSA) is 33.6 Å². The van der Waals surface area contributed by atoms with E-state index < -0.39 is 0 Å². The molecular formula is C11H21N3S2. The lowest BCUT2D eigenvalue weighted by Gasteiger charge is -2.16. The standard InChI is InChI=1S/C11H21N3S2/c1-5-16-7-6-9(4)14-10(8(2)3)12-13-11(14)15/h8-9H,5-7H2,1-4H3,(H,13,15). The van der Waals surface area contributed by atoms with E-state index in [1.54, 1.807) is 0 Å². The minimum Gasteiger partial charge on any atom is -0.301 e. The van der Waals surface area contributed by atoms with Crippen molar-refractivity contribution < 1.29 is 0 Å². The van der Waals surface area contributed by atoms with Gasteiger partial charge in [0, 0.05) is 12.0 Å². The zero-order valence-electron chi connectivity index (χ0n) is 10.5. The molecule has 1 heterocycles. The number of rotatable bonds is 6. The Morgan fingerprint density at radius 1 is 1.44 bits per heavy atom. The van der Waals surface area contributed by atoms with Crippen LogP contribution < -0.4 is 0 Å². The number of nitrogens with zero attached hydrogens (tertiary/aromatic N) is 2. The van der Waals surface area contributed by atoms with Crippen LogP contribution in [-0.2, 0) is 0 Å². The van der Waals surface area contributed by atoms with Crippen molar-refractivity contribution in [2.75, 3.05) is 11.5 Å². The lowest BCUT2D eigenvalue weighted by Crippen LogP contribution is -2.11. The van der Waals surface area contributed by atoms with Gasteiger partial charge in [-0.05, 0) is 37.1 Å². The summed E-state index contributed by atoms with van der Waals surface area (Å²) in [5, 5.41) is 7.20. The molecular weight excluding hydrogens is 238 g/mol. The van der Waals surface area contributed by atoms with Crippen molar-refractivity contribution in [1.82, 2.24) is 14.8 Å². The Morgan fingerprint density at radius 3 is 2.69 bits per heavy atom. The number of H-pyrrole nitrogens is 1. The molecule has 1 unspecified atom stereocenters. The second-order valence-corrected chi connectivity index (χ2v) is 6.03. The lowest BCUT2D eigenvalue weighted by atomic mass is 10.2. The van der Waals surface area contributed by atoms with Crippen LogP contribution in [0.5, 0.6) is 0 Å². The molecule has 0 aromatic carbocycles. The maximum atomic E-state index is 5.29. The molecule has 0 aliphatic carbocycles. The molecule has 1 aromatic rings. The average molecular weight is 259 g/mol. The second kappa shape index (κ2) is 6.45. The molecule has 1 rings (SSSR count). The molecule has 0 radical (unpaired) electrons. The molecule has 0 saturated carbocycles. The van der Waals surface area contributed by atoms with E-state index in [9.17, 15) is 0 Å². The molecule has 0 fully saturated rings. The minimum atomic E-state index is 0.411. The van der Waals surface area contributed by atoms with Crippen LogP contribution in [0, 0.1) is 4.77 Å². The zero-order chi connectivity index (χ0) is 12.1. The highest BCUT2D eigenvalue weighted by atomic mass is 32.2. The van der Waals surface area contributed by atoms with Crippen LogP contribution in [0.15, 0.2) is 0 Å². The van der Waals surface area contributed by atoms with Crippen LogP contribution in [0.4, 0.5) is 0 Å². The largest absolute Gasteiger partial charge is 0.301 e. The summed E-state index contributed by atoms with van der Waals surface area (Å²) in [4.78, 5) is 0. The minimum absolute atomic E-state index is 0.411. The fourth-order valence-electron chi connectivity index (χ4n) is 1.68. The van der Waals surface area contributed by atoms with Crippen LogP contribution in [0.2, 0.25) is 0 Å². The molecule has 92 valence electrons. The third kappa shape index (κ3) is 3.35. The maximum Gasteiger partial charge on any atom is 0.195 e. The Labute approximate surface area is 107 Å². The third-order valence-corrected chi connectivity index (χ3v) is 3.79. The predicted molar refractivity (Wildman–Crippen MR) is 73.8 cm³/mol. The van der Waals surface area contributed by atoms with E-state index >= 15 is 0 Å². The van der Waals surface area contributed by atoms with Crippen LogP contribution in [0.3, 0.4) is 0 Å². The fourth-order valence-corrected chi connectivity index (χ4v) is 2.79. The van der Waals surface area contributed by atoms with E-state index in [-0.39, 0.29) is 0 Å². The number of aromatic amines is 1. The number of aromatic nitrogens is 3. The van der Waals surface area contributed by atoms with Gasteiger partial charge in [0.05, 0.1) is 0 Å². The van der Waals surface area contributed by atoms with Gasteiger partial charge >= 0.3 is 0 Å². The quantitative estimate of drug-likeness (QED) is 0.623. The maximum absolute atomic E-state index is 5.29. The van der Waals surface area contributed by atoms with Gasteiger partial charge in [-0.1, -0.05) is 20.8 Å². The van der Waals surface area contributed by atoms with E-state index in [1.807, 2.05) is 11.8 Å². The summed E-state index contributed by atoms with van der Waals surface area (Å²) < 4.78 is 2.91. The summed E-state index contributed by atoms with van der Waals surface area (Å²) in [5.74, 6) is 3.84. The highest BCUT2D eigenvalue weighted by Crippen LogP contribution is 2.20. The summed E-state index contributed by atoms with van der Waals surface area (Å²) in [7, 11) is 0. The van der Waals surface area contributed by atoms with Crippen LogP contribution >= 0.6 is 24.0 Å². The van der Waals surface area contributed by atoms with Crippen molar-refractivity contribution in [2.45, 2.75) is 46.1 Å². The Morgan fingerprint density at radius 2 is 2.12 bits per heavy atom. The average Bonchev–Trinajstić information content (AvgIpc) is 2.60. The van der Waals surface area contributed by atoms with Crippen molar-refractivity contribution in [3.05, 3.63) is 10.6 Å². The Kier molecular flexibility index (Phi) is 5.55. The van der Waals surface area contributed by atoms with Gasteiger partial charge in [0.15, 0.2) is 4.77 Å². The van der Waals surface area contributed by atoms with Crippen molar-refractivity contribution in [1.29, 1.82) is 0 Å². The summed E-state index contributed by atoms with van der Waals surface area (Å²) in [6.07, 6.45) is 1.14. The van der Waals surface area contributed by atoms with Crippen LogP contribution in [0.1, 0.15) is 51.9 Å².